The third-order valence-electron chi connectivity index (χ3n) is 3.50. The highest BCUT2D eigenvalue weighted by Crippen LogP contribution is 2.14. The molecule has 0 spiro atoms. The van der Waals surface area contributed by atoms with Crippen molar-refractivity contribution in [2.24, 2.45) is 7.05 Å². The quantitative estimate of drug-likeness (QED) is 0.804. The van der Waals surface area contributed by atoms with E-state index in [0.717, 1.165) is 6.42 Å². The molecule has 1 N–H and O–H groups in total. The lowest BCUT2D eigenvalue weighted by atomic mass is 10.0. The van der Waals surface area contributed by atoms with Crippen LogP contribution in [0.15, 0.2) is 29.9 Å². The van der Waals surface area contributed by atoms with E-state index in [0.29, 0.717) is 6.04 Å². The van der Waals surface area contributed by atoms with Crippen LogP contribution in [-0.2, 0) is 19.9 Å². The van der Waals surface area contributed by atoms with Crippen LogP contribution in [0.2, 0.25) is 0 Å². The molecule has 0 radical (unpaired) electrons. The first kappa shape index (κ1) is 14.3. The summed E-state index contributed by atoms with van der Waals surface area (Å²) in [5.41, 5.74) is 1.33. The van der Waals surface area contributed by atoms with Gasteiger partial charge >= 0.3 is 0 Å². The summed E-state index contributed by atoms with van der Waals surface area (Å²) in [5, 5.41) is 9.81. The van der Waals surface area contributed by atoms with Gasteiger partial charge in [0.05, 0.1) is 6.20 Å². The van der Waals surface area contributed by atoms with Crippen molar-refractivity contribution in [3.8, 4) is 0 Å². The second-order valence-corrected chi connectivity index (χ2v) is 6.05. The number of thiophene rings is 1. The summed E-state index contributed by atoms with van der Waals surface area (Å²) >= 11 is 1.86. The van der Waals surface area contributed by atoms with Crippen LogP contribution < -0.4 is 5.32 Å². The number of hydrogen-bond donors (Lipinski definition) is 1. The van der Waals surface area contributed by atoms with Gasteiger partial charge in [-0.25, -0.2) is 0 Å². The molecule has 2 aromatic heterocycles. The fourth-order valence-electron chi connectivity index (χ4n) is 2.35. The Morgan fingerprint density at radius 1 is 1.37 bits per heavy atom. The summed E-state index contributed by atoms with van der Waals surface area (Å²) in [6, 6.07) is 4.98. The molecule has 0 aromatic carbocycles. The van der Waals surface area contributed by atoms with E-state index in [4.69, 9.17) is 0 Å². The molecule has 2 rings (SSSR count). The molecule has 0 amide bonds. The molecular weight excluding hydrogens is 254 g/mol. The number of hydrogen-bond acceptors (Lipinski definition) is 3. The number of aryl methyl sites for hydroxylation is 3. The van der Waals surface area contributed by atoms with Gasteiger partial charge in [0, 0.05) is 24.2 Å². The van der Waals surface area contributed by atoms with Crippen molar-refractivity contribution in [3.05, 3.63) is 40.3 Å². The maximum atomic E-state index is 4.21. The van der Waals surface area contributed by atoms with E-state index in [9.17, 15) is 0 Å². The van der Waals surface area contributed by atoms with Crippen molar-refractivity contribution < 1.29 is 0 Å². The van der Waals surface area contributed by atoms with Gasteiger partial charge in [-0.05, 0) is 56.2 Å². The van der Waals surface area contributed by atoms with Crippen LogP contribution in [0.1, 0.15) is 29.7 Å². The molecule has 104 valence electrons. The van der Waals surface area contributed by atoms with Crippen molar-refractivity contribution in [3.63, 3.8) is 0 Å². The zero-order valence-corrected chi connectivity index (χ0v) is 12.6. The second-order valence-electron chi connectivity index (χ2n) is 5.02. The Morgan fingerprint density at radius 2 is 2.26 bits per heavy atom. The molecular formula is C15H23N3S. The van der Waals surface area contributed by atoms with Crippen molar-refractivity contribution in [2.45, 2.75) is 38.1 Å². The number of aromatic nitrogens is 2. The standard InChI is InChI=1S/C15H23N3S/c1-16-14(5-3-6-15-7-4-10-19-15)9-8-13-11-17-18(2)12-13/h4,7,10-12,14,16H,3,5-6,8-9H2,1-2H3. The van der Waals surface area contributed by atoms with E-state index < -0.39 is 0 Å². The van der Waals surface area contributed by atoms with E-state index in [1.54, 1.807) is 0 Å². The highest BCUT2D eigenvalue weighted by atomic mass is 32.1. The Balaban J connectivity index is 1.68. The normalized spacial score (nSPS) is 12.7. The largest absolute Gasteiger partial charge is 0.317 e. The van der Waals surface area contributed by atoms with Gasteiger partial charge < -0.3 is 5.32 Å². The van der Waals surface area contributed by atoms with Crippen molar-refractivity contribution >= 4 is 11.3 Å². The van der Waals surface area contributed by atoms with Gasteiger partial charge in [0.1, 0.15) is 0 Å². The Hall–Kier alpha value is -1.13. The average Bonchev–Trinajstić information content (AvgIpc) is 3.05. The van der Waals surface area contributed by atoms with Gasteiger partial charge in [0.15, 0.2) is 0 Å². The molecule has 2 aromatic rings. The smallest absolute Gasteiger partial charge is 0.0521 e. The van der Waals surface area contributed by atoms with Gasteiger partial charge in [0.2, 0.25) is 0 Å². The first-order valence-corrected chi connectivity index (χ1v) is 7.83. The molecule has 4 heteroatoms. The predicted octanol–water partition coefficient (Wildman–Crippen LogP) is 3.03. The summed E-state index contributed by atoms with van der Waals surface area (Å²) in [4.78, 5) is 1.50. The lowest BCUT2D eigenvalue weighted by molar-refractivity contribution is 0.475. The van der Waals surface area contributed by atoms with Crippen LogP contribution in [0, 0.1) is 0 Å². The van der Waals surface area contributed by atoms with E-state index in [-0.39, 0.29) is 0 Å². The first-order chi connectivity index (χ1) is 9.28. The van der Waals surface area contributed by atoms with Crippen molar-refractivity contribution in [1.29, 1.82) is 0 Å². The number of nitrogens with zero attached hydrogens (tertiary/aromatic N) is 2. The lowest BCUT2D eigenvalue weighted by Crippen LogP contribution is -2.25. The maximum absolute atomic E-state index is 4.21. The first-order valence-electron chi connectivity index (χ1n) is 6.95. The van der Waals surface area contributed by atoms with E-state index >= 15 is 0 Å². The van der Waals surface area contributed by atoms with Crippen molar-refractivity contribution in [1.82, 2.24) is 15.1 Å². The summed E-state index contributed by atoms with van der Waals surface area (Å²) in [7, 11) is 4.04. The summed E-state index contributed by atoms with van der Waals surface area (Å²) < 4.78 is 1.88. The fraction of sp³-hybridized carbons (Fsp3) is 0.533. The Bertz CT molecular complexity index is 461. The van der Waals surface area contributed by atoms with E-state index in [2.05, 4.69) is 41.2 Å². The Morgan fingerprint density at radius 3 is 2.89 bits per heavy atom. The lowest BCUT2D eigenvalue weighted by Gasteiger charge is -2.15. The van der Waals surface area contributed by atoms with Crippen LogP contribution in [0.5, 0.6) is 0 Å². The molecule has 0 saturated carbocycles. The molecule has 0 aliphatic heterocycles. The molecule has 0 aliphatic carbocycles. The Kier molecular flexibility index (Phi) is 5.61. The average molecular weight is 277 g/mol. The third kappa shape index (κ3) is 4.80. The van der Waals surface area contributed by atoms with E-state index in [1.807, 2.05) is 29.3 Å². The van der Waals surface area contributed by atoms with E-state index in [1.165, 1.54) is 36.1 Å². The fourth-order valence-corrected chi connectivity index (χ4v) is 3.10. The minimum atomic E-state index is 0.611. The molecule has 0 saturated heterocycles. The van der Waals surface area contributed by atoms with Crippen LogP contribution in [0.25, 0.3) is 0 Å². The van der Waals surface area contributed by atoms with Gasteiger partial charge in [-0.2, -0.15) is 5.10 Å². The maximum Gasteiger partial charge on any atom is 0.0521 e. The molecule has 2 heterocycles. The molecule has 1 atom stereocenters. The van der Waals surface area contributed by atoms with Gasteiger partial charge in [-0.3, -0.25) is 4.68 Å². The van der Waals surface area contributed by atoms with Gasteiger partial charge in [0.25, 0.3) is 0 Å². The highest BCUT2D eigenvalue weighted by Gasteiger charge is 2.07. The molecule has 3 nitrogen and oxygen atoms in total. The topological polar surface area (TPSA) is 29.9 Å². The van der Waals surface area contributed by atoms with Crippen LogP contribution in [0.3, 0.4) is 0 Å². The zero-order chi connectivity index (χ0) is 13.5. The molecule has 0 fully saturated rings. The Labute approximate surface area is 119 Å². The van der Waals surface area contributed by atoms with Crippen molar-refractivity contribution in [2.75, 3.05) is 7.05 Å². The summed E-state index contributed by atoms with van der Waals surface area (Å²) in [6.07, 6.45) is 10.1. The third-order valence-corrected chi connectivity index (χ3v) is 4.44. The number of nitrogens with one attached hydrogen (secondary N) is 1. The van der Waals surface area contributed by atoms with Gasteiger partial charge in [-0.1, -0.05) is 6.07 Å². The summed E-state index contributed by atoms with van der Waals surface area (Å²) in [5.74, 6) is 0. The minimum Gasteiger partial charge on any atom is -0.317 e. The summed E-state index contributed by atoms with van der Waals surface area (Å²) in [6.45, 7) is 0. The van der Waals surface area contributed by atoms with Crippen LogP contribution in [0.4, 0.5) is 0 Å². The SMILES string of the molecule is CNC(CCCc1cccs1)CCc1cnn(C)c1. The predicted molar refractivity (Wildman–Crippen MR) is 81.6 cm³/mol. The highest BCUT2D eigenvalue weighted by molar-refractivity contribution is 7.09. The monoisotopic (exact) mass is 277 g/mol. The second kappa shape index (κ2) is 7.46. The molecule has 1 unspecified atom stereocenters. The molecule has 19 heavy (non-hydrogen) atoms. The molecule has 0 bridgehead atoms. The molecule has 0 aliphatic rings. The minimum absolute atomic E-state index is 0.611. The zero-order valence-electron chi connectivity index (χ0n) is 11.8. The van der Waals surface area contributed by atoms with Crippen LogP contribution in [-0.4, -0.2) is 22.9 Å². The van der Waals surface area contributed by atoms with Gasteiger partial charge in [-0.15, -0.1) is 11.3 Å². The van der Waals surface area contributed by atoms with Crippen LogP contribution >= 0.6 is 11.3 Å². The number of rotatable bonds is 8.